The zero-order chi connectivity index (χ0) is 9.94. The van der Waals surface area contributed by atoms with Crippen LogP contribution in [0.4, 0.5) is 0 Å². The van der Waals surface area contributed by atoms with Crippen molar-refractivity contribution in [2.75, 3.05) is 40.3 Å². The third kappa shape index (κ3) is 7.74. The van der Waals surface area contributed by atoms with Crippen molar-refractivity contribution in [3.05, 3.63) is 0 Å². The van der Waals surface area contributed by atoms with Crippen LogP contribution in [0.5, 0.6) is 0 Å². The van der Waals surface area contributed by atoms with Gasteiger partial charge in [-0.1, -0.05) is 0 Å². The molecular weight excluding hydrogens is 166 g/mol. The molecule has 0 unspecified atom stereocenters. The number of amides is 1. The summed E-state index contributed by atoms with van der Waals surface area (Å²) in [4.78, 5) is 12.2. The van der Waals surface area contributed by atoms with Crippen molar-refractivity contribution in [2.24, 2.45) is 0 Å². The van der Waals surface area contributed by atoms with Gasteiger partial charge in [-0.25, -0.2) is 0 Å². The van der Waals surface area contributed by atoms with Crippen LogP contribution < -0.4 is 10.6 Å². The molecule has 77 valence electrons. The molecule has 0 aliphatic heterocycles. The van der Waals surface area contributed by atoms with Crippen LogP contribution in [-0.2, 0) is 4.79 Å². The van der Waals surface area contributed by atoms with E-state index in [1.807, 2.05) is 20.5 Å². The van der Waals surface area contributed by atoms with E-state index in [1.54, 1.807) is 4.90 Å². The SMILES string of the molecule is CNCCCN([C]=O)CCCNC. The Morgan fingerprint density at radius 3 is 1.85 bits per heavy atom. The van der Waals surface area contributed by atoms with Gasteiger partial charge in [-0.3, -0.25) is 4.79 Å². The molecule has 0 aliphatic carbocycles. The molecule has 0 fully saturated rings. The number of rotatable bonds is 9. The van der Waals surface area contributed by atoms with Crippen LogP contribution in [0.2, 0.25) is 0 Å². The third-order valence-corrected chi connectivity index (χ3v) is 1.84. The van der Waals surface area contributed by atoms with Gasteiger partial charge in [0.15, 0.2) is 0 Å². The average molecular weight is 186 g/mol. The summed E-state index contributed by atoms with van der Waals surface area (Å²) < 4.78 is 0. The van der Waals surface area contributed by atoms with Crippen molar-refractivity contribution in [1.82, 2.24) is 15.5 Å². The van der Waals surface area contributed by atoms with E-state index in [2.05, 4.69) is 10.6 Å². The summed E-state index contributed by atoms with van der Waals surface area (Å²) in [5.41, 5.74) is 0. The molecule has 0 bridgehead atoms. The second kappa shape index (κ2) is 9.48. The van der Waals surface area contributed by atoms with Crippen LogP contribution >= 0.6 is 0 Å². The Morgan fingerprint density at radius 1 is 1.08 bits per heavy atom. The van der Waals surface area contributed by atoms with Gasteiger partial charge < -0.3 is 15.5 Å². The first-order valence-electron chi connectivity index (χ1n) is 4.77. The predicted octanol–water partition coefficient (Wildman–Crippen LogP) is -0.425. The number of hydrogen-bond acceptors (Lipinski definition) is 3. The molecular formula is C9H20N3O. The van der Waals surface area contributed by atoms with E-state index in [9.17, 15) is 4.79 Å². The topological polar surface area (TPSA) is 44.4 Å². The first-order chi connectivity index (χ1) is 6.35. The molecule has 0 aromatic heterocycles. The summed E-state index contributed by atoms with van der Waals surface area (Å²) in [7, 11) is 3.83. The quantitative estimate of drug-likeness (QED) is 0.379. The maximum atomic E-state index is 10.5. The maximum absolute atomic E-state index is 10.5. The summed E-state index contributed by atoms with van der Waals surface area (Å²) in [6.07, 6.45) is 3.93. The molecule has 0 heterocycles. The molecule has 0 spiro atoms. The number of nitrogens with zero attached hydrogens (tertiary/aromatic N) is 1. The fourth-order valence-electron chi connectivity index (χ4n) is 1.10. The zero-order valence-corrected chi connectivity index (χ0v) is 8.60. The van der Waals surface area contributed by atoms with E-state index in [0.29, 0.717) is 0 Å². The van der Waals surface area contributed by atoms with Crippen molar-refractivity contribution >= 4 is 6.41 Å². The average Bonchev–Trinajstić information content (AvgIpc) is 2.16. The van der Waals surface area contributed by atoms with Crippen molar-refractivity contribution < 1.29 is 4.79 Å². The Kier molecular flexibility index (Phi) is 9.03. The molecule has 13 heavy (non-hydrogen) atoms. The van der Waals surface area contributed by atoms with Gasteiger partial charge >= 0.3 is 6.41 Å². The van der Waals surface area contributed by atoms with Gasteiger partial charge in [0.2, 0.25) is 0 Å². The highest BCUT2D eigenvalue weighted by Crippen LogP contribution is 1.89. The smallest absolute Gasteiger partial charge is 0.312 e. The molecule has 1 radical (unpaired) electrons. The van der Waals surface area contributed by atoms with Crippen molar-refractivity contribution in [3.63, 3.8) is 0 Å². The predicted molar refractivity (Wildman–Crippen MR) is 54.4 cm³/mol. The van der Waals surface area contributed by atoms with Crippen LogP contribution in [0.3, 0.4) is 0 Å². The van der Waals surface area contributed by atoms with E-state index < -0.39 is 0 Å². The van der Waals surface area contributed by atoms with Crippen molar-refractivity contribution in [1.29, 1.82) is 0 Å². The molecule has 1 amide bonds. The molecule has 2 N–H and O–H groups in total. The highest BCUT2D eigenvalue weighted by Gasteiger charge is 2.00. The van der Waals surface area contributed by atoms with Crippen LogP contribution in [0.15, 0.2) is 0 Å². The Labute approximate surface area is 80.7 Å². The van der Waals surface area contributed by atoms with Gasteiger partial charge in [-0.15, -0.1) is 0 Å². The minimum Gasteiger partial charge on any atom is -0.334 e. The molecule has 0 rings (SSSR count). The minimum absolute atomic E-state index is 0.800. The Morgan fingerprint density at radius 2 is 1.54 bits per heavy atom. The highest BCUT2D eigenvalue weighted by atomic mass is 16.1. The molecule has 0 saturated heterocycles. The van der Waals surface area contributed by atoms with Crippen LogP contribution in [0, 0.1) is 0 Å². The second-order valence-corrected chi connectivity index (χ2v) is 2.99. The fourth-order valence-corrected chi connectivity index (χ4v) is 1.10. The van der Waals surface area contributed by atoms with Gasteiger partial charge in [0.05, 0.1) is 0 Å². The van der Waals surface area contributed by atoms with Gasteiger partial charge in [-0.05, 0) is 40.0 Å². The lowest BCUT2D eigenvalue weighted by Crippen LogP contribution is -2.28. The normalized spacial score (nSPS) is 10.0. The molecule has 0 aromatic rings. The van der Waals surface area contributed by atoms with Gasteiger partial charge in [0.25, 0.3) is 0 Å². The maximum Gasteiger partial charge on any atom is 0.312 e. The first kappa shape index (κ1) is 12.4. The summed E-state index contributed by atoms with van der Waals surface area (Å²) in [5, 5.41) is 6.09. The standard InChI is InChI=1S/C9H20N3O/c1-10-5-3-7-12(9-13)8-4-6-11-2/h10-11H,3-8H2,1-2H3. The lowest BCUT2D eigenvalue weighted by atomic mass is 10.3. The highest BCUT2D eigenvalue weighted by molar-refractivity contribution is 5.47. The van der Waals surface area contributed by atoms with Crippen LogP contribution in [0.1, 0.15) is 12.8 Å². The number of nitrogens with one attached hydrogen (secondary N) is 2. The molecule has 4 nitrogen and oxygen atoms in total. The summed E-state index contributed by atoms with van der Waals surface area (Å²) in [6, 6.07) is 0. The molecule has 4 heteroatoms. The molecule has 0 saturated carbocycles. The van der Waals surface area contributed by atoms with Crippen molar-refractivity contribution in [2.45, 2.75) is 12.8 Å². The molecule has 0 atom stereocenters. The Bertz CT molecular complexity index is 109. The molecule has 0 aromatic carbocycles. The van der Waals surface area contributed by atoms with Gasteiger partial charge in [-0.2, -0.15) is 0 Å². The third-order valence-electron chi connectivity index (χ3n) is 1.84. The lowest BCUT2D eigenvalue weighted by Gasteiger charge is -2.15. The lowest BCUT2D eigenvalue weighted by molar-refractivity contribution is 0.366. The number of carbonyl (C=O) groups excluding carboxylic acids is 1. The van der Waals surface area contributed by atoms with Gasteiger partial charge in [0.1, 0.15) is 0 Å². The summed E-state index contributed by atoms with van der Waals surface area (Å²) >= 11 is 0. The van der Waals surface area contributed by atoms with E-state index in [4.69, 9.17) is 0 Å². The largest absolute Gasteiger partial charge is 0.334 e. The van der Waals surface area contributed by atoms with Crippen molar-refractivity contribution in [3.8, 4) is 0 Å². The van der Waals surface area contributed by atoms with E-state index in [0.717, 1.165) is 39.0 Å². The monoisotopic (exact) mass is 186 g/mol. The van der Waals surface area contributed by atoms with Crippen LogP contribution in [-0.4, -0.2) is 51.6 Å². The van der Waals surface area contributed by atoms with E-state index in [-0.39, 0.29) is 0 Å². The van der Waals surface area contributed by atoms with E-state index in [1.165, 1.54) is 0 Å². The second-order valence-electron chi connectivity index (χ2n) is 2.99. The number of hydrogen-bond donors (Lipinski definition) is 2. The minimum atomic E-state index is 0.800. The summed E-state index contributed by atoms with van der Waals surface area (Å²) in [5.74, 6) is 0. The first-order valence-corrected chi connectivity index (χ1v) is 4.77. The Balaban J connectivity index is 3.34. The summed E-state index contributed by atoms with van der Waals surface area (Å²) in [6.45, 7) is 3.50. The zero-order valence-electron chi connectivity index (χ0n) is 8.60. The fraction of sp³-hybridized carbons (Fsp3) is 0.889. The Hall–Kier alpha value is -0.610. The van der Waals surface area contributed by atoms with E-state index >= 15 is 0 Å². The molecule has 0 aliphatic rings. The van der Waals surface area contributed by atoms with Gasteiger partial charge in [0, 0.05) is 13.1 Å². The van der Waals surface area contributed by atoms with Crippen LogP contribution in [0.25, 0.3) is 0 Å².